The average molecular weight is 551 g/mol. The molecule has 3 heterocycles. The number of carbonyl (C=O) groups is 1. The highest BCUT2D eigenvalue weighted by molar-refractivity contribution is 7.52. The summed E-state index contributed by atoms with van der Waals surface area (Å²) in [6.07, 6.45) is -2.71. The number of para-hydroxylation sites is 1. The number of rotatable bonds is 9. The van der Waals surface area contributed by atoms with Crippen LogP contribution in [0.1, 0.15) is 20.1 Å². The first kappa shape index (κ1) is 26.3. The minimum Gasteiger partial charge on any atom is -0.468 e. The van der Waals surface area contributed by atoms with Crippen LogP contribution < -0.4 is 20.7 Å². The van der Waals surface area contributed by atoms with E-state index >= 15 is 4.39 Å². The number of ether oxygens (including phenoxy) is 2. The van der Waals surface area contributed by atoms with E-state index in [1.807, 2.05) is 0 Å². The third kappa shape index (κ3) is 4.07. The van der Waals surface area contributed by atoms with Crippen LogP contribution in [0, 0.1) is 0 Å². The Kier molecular flexibility index (Phi) is 6.31. The van der Waals surface area contributed by atoms with Gasteiger partial charge in [0.15, 0.2) is 34.5 Å². The minimum atomic E-state index is -4.37. The van der Waals surface area contributed by atoms with Crippen LogP contribution in [-0.2, 0) is 23.4 Å². The molecule has 1 saturated carbocycles. The summed E-state index contributed by atoms with van der Waals surface area (Å²) in [5, 5.41) is 16.7. The molecule has 2 aliphatic rings. The predicted octanol–water partition coefficient (Wildman–Crippen LogP) is 1.54. The fourth-order valence-corrected chi connectivity index (χ4v) is 6.27. The minimum absolute atomic E-state index is 0.0722. The number of nitrogens with two attached hydrogens (primary N) is 1. The van der Waals surface area contributed by atoms with Crippen LogP contribution in [0.4, 0.5) is 16.2 Å². The zero-order valence-corrected chi connectivity index (χ0v) is 21.8. The summed E-state index contributed by atoms with van der Waals surface area (Å²) >= 11 is 0. The predicted molar refractivity (Wildman–Crippen MR) is 132 cm³/mol. The Bertz CT molecular complexity index is 1420. The summed E-state index contributed by atoms with van der Waals surface area (Å²) in [4.78, 5) is 24.4. The number of imidazole rings is 1. The number of hydrogen-bond acceptors (Lipinski definition) is 12. The van der Waals surface area contributed by atoms with Gasteiger partial charge < -0.3 is 30.2 Å². The van der Waals surface area contributed by atoms with Gasteiger partial charge in [0, 0.05) is 7.05 Å². The van der Waals surface area contributed by atoms with Gasteiger partial charge in [-0.25, -0.2) is 13.9 Å². The maximum atomic E-state index is 16.3. The van der Waals surface area contributed by atoms with Crippen molar-refractivity contribution in [2.24, 2.45) is 0 Å². The fraction of sp³-hybridized carbons (Fsp3) is 0.455. The number of nitrogens with zero attached hydrogens (tertiary/aromatic N) is 4. The maximum absolute atomic E-state index is 16.3. The first-order chi connectivity index (χ1) is 17.9. The van der Waals surface area contributed by atoms with E-state index in [4.69, 9.17) is 19.5 Å². The molecule has 0 radical (unpaired) electrons. The van der Waals surface area contributed by atoms with Crippen LogP contribution in [-0.4, -0.2) is 74.3 Å². The highest BCUT2D eigenvalue weighted by Crippen LogP contribution is 2.66. The number of anilines is 2. The highest BCUT2D eigenvalue weighted by Gasteiger charge is 2.85. The number of halogens is 1. The van der Waals surface area contributed by atoms with E-state index in [1.165, 1.54) is 37.1 Å². The molecule has 1 saturated heterocycles. The largest absolute Gasteiger partial charge is 0.468 e. The SMILES string of the molecule is CNc1nc(N)nc2c1ncn2[C@@H]1O[C@@H]2C(OP(=O)(N[C@@H](C)C(=O)OC)Oc3ccccc3)[C@]2(O)[C@@]1(C)F. The number of aromatic nitrogens is 4. The summed E-state index contributed by atoms with van der Waals surface area (Å²) in [6, 6.07) is 6.92. The topological polar surface area (TPSA) is 185 Å². The van der Waals surface area contributed by atoms with Gasteiger partial charge in [0.2, 0.25) is 5.95 Å². The van der Waals surface area contributed by atoms with Crippen molar-refractivity contribution < 1.29 is 37.4 Å². The van der Waals surface area contributed by atoms with Crippen molar-refractivity contribution in [2.75, 3.05) is 25.2 Å². The van der Waals surface area contributed by atoms with E-state index in [0.717, 1.165) is 6.92 Å². The van der Waals surface area contributed by atoms with Crippen LogP contribution >= 0.6 is 7.75 Å². The molecule has 2 unspecified atom stereocenters. The lowest BCUT2D eigenvalue weighted by Crippen LogP contribution is -2.45. The summed E-state index contributed by atoms with van der Waals surface area (Å²) in [5.74, 6) is -0.319. The lowest BCUT2D eigenvalue weighted by molar-refractivity contribution is -0.142. The number of hydrogen-bond donors (Lipinski definition) is 4. The molecular weight excluding hydrogens is 524 g/mol. The van der Waals surface area contributed by atoms with Crippen LogP contribution in [0.3, 0.4) is 0 Å². The Labute approximate surface area is 216 Å². The molecule has 1 aliphatic heterocycles. The molecule has 5 N–H and O–H groups in total. The highest BCUT2D eigenvalue weighted by atomic mass is 31.2. The van der Waals surface area contributed by atoms with Gasteiger partial charge in [0.25, 0.3) is 0 Å². The van der Waals surface area contributed by atoms with E-state index in [1.54, 1.807) is 25.2 Å². The van der Waals surface area contributed by atoms with E-state index in [9.17, 15) is 14.5 Å². The Hall–Kier alpha value is -3.36. The molecule has 3 aromatic rings. The number of aliphatic hydroxyl groups is 1. The number of alkyl halides is 1. The lowest BCUT2D eigenvalue weighted by Gasteiger charge is -2.31. The maximum Gasteiger partial charge on any atom is 0.459 e. The van der Waals surface area contributed by atoms with Crippen molar-refractivity contribution in [3.05, 3.63) is 36.7 Å². The third-order valence-corrected chi connectivity index (χ3v) is 8.27. The summed E-state index contributed by atoms with van der Waals surface area (Å²) in [5.41, 5.74) is 1.61. The summed E-state index contributed by atoms with van der Waals surface area (Å²) < 4.78 is 53.1. The average Bonchev–Trinajstić information content (AvgIpc) is 3.13. The quantitative estimate of drug-likeness (QED) is 0.222. The van der Waals surface area contributed by atoms with Crippen molar-refractivity contribution in [1.29, 1.82) is 0 Å². The molecule has 38 heavy (non-hydrogen) atoms. The number of nitrogen functional groups attached to an aromatic ring is 1. The number of carbonyl (C=O) groups excluding carboxylic acids is 1. The van der Waals surface area contributed by atoms with E-state index in [2.05, 4.69) is 30.1 Å². The van der Waals surface area contributed by atoms with Crippen molar-refractivity contribution in [2.45, 2.75) is 49.6 Å². The van der Waals surface area contributed by atoms with Crippen LogP contribution in [0.15, 0.2) is 36.7 Å². The van der Waals surface area contributed by atoms with Crippen LogP contribution in [0.25, 0.3) is 11.2 Å². The normalized spacial score (nSPS) is 30.3. The molecule has 1 aromatic carbocycles. The number of fused-ring (bicyclic) bond motifs is 2. The number of benzene rings is 1. The van der Waals surface area contributed by atoms with Crippen LogP contribution in [0.2, 0.25) is 0 Å². The first-order valence-corrected chi connectivity index (χ1v) is 13.1. The monoisotopic (exact) mass is 551 g/mol. The second-order valence-corrected chi connectivity index (χ2v) is 10.8. The number of esters is 1. The number of methoxy groups -OCH3 is 1. The zero-order chi connectivity index (χ0) is 27.5. The lowest BCUT2D eigenvalue weighted by atomic mass is 9.97. The Morgan fingerprint density at radius 2 is 2.05 bits per heavy atom. The fourth-order valence-electron chi connectivity index (χ4n) is 4.57. The molecule has 5 rings (SSSR count). The van der Waals surface area contributed by atoms with Crippen molar-refractivity contribution in [3.8, 4) is 5.75 Å². The first-order valence-electron chi connectivity index (χ1n) is 11.6. The molecule has 14 nitrogen and oxygen atoms in total. The van der Waals surface area contributed by atoms with E-state index < -0.39 is 49.5 Å². The molecule has 1 aliphatic carbocycles. The van der Waals surface area contributed by atoms with Gasteiger partial charge in [0.05, 0.1) is 13.4 Å². The zero-order valence-electron chi connectivity index (χ0n) is 20.9. The Balaban J connectivity index is 1.42. The number of nitrogens with one attached hydrogen (secondary N) is 2. The molecule has 7 atom stereocenters. The summed E-state index contributed by atoms with van der Waals surface area (Å²) in [6.45, 7) is 2.52. The molecule has 204 valence electrons. The van der Waals surface area contributed by atoms with E-state index in [-0.39, 0.29) is 17.3 Å². The Morgan fingerprint density at radius 3 is 2.66 bits per heavy atom. The van der Waals surface area contributed by atoms with Gasteiger partial charge in [-0.1, -0.05) is 18.2 Å². The third-order valence-electron chi connectivity index (χ3n) is 6.61. The smallest absolute Gasteiger partial charge is 0.459 e. The van der Waals surface area contributed by atoms with Gasteiger partial charge >= 0.3 is 13.7 Å². The van der Waals surface area contributed by atoms with Gasteiger partial charge in [-0.05, 0) is 26.0 Å². The molecule has 16 heteroatoms. The van der Waals surface area contributed by atoms with Gasteiger partial charge in [-0.3, -0.25) is 13.9 Å². The summed E-state index contributed by atoms with van der Waals surface area (Å²) in [7, 11) is -1.58. The van der Waals surface area contributed by atoms with Crippen molar-refractivity contribution in [1.82, 2.24) is 24.6 Å². The standard InChI is InChI=1S/C22H27FN7O7P/c1-11(18(31)34-4)29-38(33,36-12-8-6-5-7-9-12)37-15-14-22(15,32)21(2,23)19(35-14)30-10-26-13-16(25-3)27-20(24)28-17(13)30/h5-11,14-15,19,32H,1-4H3,(H,29,33)(H3,24,25,27,28)/t11-,14+,15?,19+,21-,22-,38?/m0/s1. The van der Waals surface area contributed by atoms with E-state index in [0.29, 0.717) is 11.3 Å². The Morgan fingerprint density at radius 1 is 1.34 bits per heavy atom. The van der Waals surface area contributed by atoms with Crippen molar-refractivity contribution in [3.63, 3.8) is 0 Å². The van der Waals surface area contributed by atoms with Crippen LogP contribution in [0.5, 0.6) is 5.75 Å². The molecule has 2 fully saturated rings. The van der Waals surface area contributed by atoms with Gasteiger partial charge in [-0.2, -0.15) is 15.1 Å². The van der Waals surface area contributed by atoms with Gasteiger partial charge in [0.1, 0.15) is 24.0 Å². The molecule has 0 bridgehead atoms. The second kappa shape index (κ2) is 9.13. The van der Waals surface area contributed by atoms with Crippen molar-refractivity contribution >= 4 is 36.6 Å². The molecule has 0 spiro atoms. The van der Waals surface area contributed by atoms with Gasteiger partial charge in [-0.15, -0.1) is 0 Å². The second-order valence-electron chi connectivity index (χ2n) is 9.12. The molecular formula is C22H27FN7O7P. The molecule has 2 aromatic heterocycles. The molecule has 0 amide bonds.